The van der Waals surface area contributed by atoms with Crippen LogP contribution in [0.3, 0.4) is 0 Å². The predicted molar refractivity (Wildman–Crippen MR) is 126 cm³/mol. The van der Waals surface area contributed by atoms with Crippen LogP contribution < -0.4 is 5.32 Å². The molecule has 1 atom stereocenters. The second-order valence-corrected chi connectivity index (χ2v) is 5.35. The molecule has 0 radical (unpaired) electrons. The molecule has 31 heavy (non-hydrogen) atoms. The SMILES string of the molecule is C=O.C=O.C=O.C=O.CCC(C)=O.CCC(C)=O.CCCC(=O)NC(CS)C(=O)CC. The van der Waals surface area contributed by atoms with E-state index < -0.39 is 6.04 Å². The Morgan fingerprint density at radius 1 is 0.710 bits per heavy atom. The largest absolute Gasteiger partial charge is 0.345 e. The Balaban J connectivity index is -0.0000000534. The zero-order valence-corrected chi connectivity index (χ0v) is 20.8. The molecule has 0 aromatic heterocycles. The number of rotatable bonds is 8. The zero-order chi connectivity index (χ0) is 26.8. The topological polar surface area (TPSA) is 149 Å². The third-order valence-electron chi connectivity index (χ3n) is 2.73. The van der Waals surface area contributed by atoms with E-state index in [4.69, 9.17) is 19.2 Å². The Morgan fingerprint density at radius 2 is 1.00 bits per heavy atom. The van der Waals surface area contributed by atoms with Crippen LogP contribution >= 0.6 is 12.6 Å². The second kappa shape index (κ2) is 50.8. The Hall–Kier alpha value is -2.49. The molecule has 1 unspecified atom stereocenters. The van der Waals surface area contributed by atoms with Gasteiger partial charge in [0.1, 0.15) is 38.7 Å². The summed E-state index contributed by atoms with van der Waals surface area (Å²) in [6, 6.07) is -0.410. The molecular formula is C21H41NO8S. The lowest BCUT2D eigenvalue weighted by Gasteiger charge is -2.13. The molecule has 0 bridgehead atoms. The molecule has 0 saturated heterocycles. The summed E-state index contributed by atoms with van der Waals surface area (Å²) in [6.07, 6.45) is 3.05. The lowest BCUT2D eigenvalue weighted by atomic mass is 10.1. The minimum absolute atomic E-state index is 0.0412. The van der Waals surface area contributed by atoms with Gasteiger partial charge in [-0.3, -0.25) is 9.59 Å². The molecule has 10 heteroatoms. The first kappa shape index (κ1) is 46.6. The molecule has 0 aromatic carbocycles. The van der Waals surface area contributed by atoms with Gasteiger partial charge in [0.15, 0.2) is 5.78 Å². The van der Waals surface area contributed by atoms with Gasteiger partial charge < -0.3 is 34.1 Å². The maximum absolute atomic E-state index is 11.2. The number of amides is 1. The van der Waals surface area contributed by atoms with Crippen molar-refractivity contribution in [1.82, 2.24) is 5.32 Å². The average Bonchev–Trinajstić information content (AvgIpc) is 2.83. The highest BCUT2D eigenvalue weighted by molar-refractivity contribution is 7.80. The quantitative estimate of drug-likeness (QED) is 0.517. The van der Waals surface area contributed by atoms with Crippen LogP contribution in [0.4, 0.5) is 0 Å². The fourth-order valence-corrected chi connectivity index (χ4v) is 1.26. The summed E-state index contributed by atoms with van der Waals surface area (Å²) in [7, 11) is 0. The van der Waals surface area contributed by atoms with Crippen LogP contribution in [0.5, 0.6) is 0 Å². The Labute approximate surface area is 192 Å². The maximum atomic E-state index is 11.2. The van der Waals surface area contributed by atoms with Crippen molar-refractivity contribution in [3.8, 4) is 0 Å². The standard InChI is InChI=1S/C9H17NO2S.2C4H8O.4CH2O/c1-3-5-9(12)10-7(6-13)8(11)4-2;2*1-3-4(2)5;4*1-2/h7,13H,3-6H2,1-2H3,(H,10,12);2*3H2,1-2H3;4*1H2. The van der Waals surface area contributed by atoms with Gasteiger partial charge in [0.25, 0.3) is 0 Å². The van der Waals surface area contributed by atoms with Gasteiger partial charge >= 0.3 is 0 Å². The van der Waals surface area contributed by atoms with Crippen LogP contribution in [0.2, 0.25) is 0 Å². The second-order valence-electron chi connectivity index (χ2n) is 4.98. The fourth-order valence-electron chi connectivity index (χ4n) is 0.968. The summed E-state index contributed by atoms with van der Waals surface area (Å²) < 4.78 is 0. The number of hydrogen-bond acceptors (Lipinski definition) is 9. The highest BCUT2D eigenvalue weighted by Gasteiger charge is 2.16. The van der Waals surface area contributed by atoms with Crippen LogP contribution in [0, 0.1) is 0 Å². The van der Waals surface area contributed by atoms with Crippen molar-refractivity contribution in [1.29, 1.82) is 0 Å². The lowest BCUT2D eigenvalue weighted by Crippen LogP contribution is -2.41. The van der Waals surface area contributed by atoms with E-state index in [2.05, 4.69) is 17.9 Å². The van der Waals surface area contributed by atoms with E-state index in [1.165, 1.54) is 0 Å². The van der Waals surface area contributed by atoms with Gasteiger partial charge in [-0.05, 0) is 20.3 Å². The summed E-state index contributed by atoms with van der Waals surface area (Å²) >= 11 is 4.02. The molecule has 0 aliphatic heterocycles. The average molecular weight is 468 g/mol. The molecular weight excluding hydrogens is 426 g/mol. The van der Waals surface area contributed by atoms with Gasteiger partial charge in [-0.1, -0.05) is 27.7 Å². The number of nitrogens with one attached hydrogen (secondary N) is 1. The van der Waals surface area contributed by atoms with E-state index >= 15 is 0 Å². The van der Waals surface area contributed by atoms with E-state index in [1.54, 1.807) is 20.8 Å². The minimum Gasteiger partial charge on any atom is -0.345 e. The van der Waals surface area contributed by atoms with Crippen LogP contribution in [-0.2, 0) is 38.4 Å². The predicted octanol–water partition coefficient (Wildman–Crippen LogP) is 2.41. The van der Waals surface area contributed by atoms with E-state index in [0.29, 0.717) is 31.4 Å². The third-order valence-corrected chi connectivity index (χ3v) is 3.09. The lowest BCUT2D eigenvalue weighted by molar-refractivity contribution is -0.127. The minimum atomic E-state index is -0.410. The summed E-state index contributed by atoms with van der Waals surface area (Å²) in [5, 5.41) is 2.65. The number of ketones is 3. The number of carbonyl (C=O) groups is 8. The van der Waals surface area contributed by atoms with Gasteiger partial charge in [-0.25, -0.2) is 0 Å². The Bertz CT molecular complexity index is 398. The Morgan fingerprint density at radius 3 is 1.16 bits per heavy atom. The molecule has 1 amide bonds. The van der Waals surface area contributed by atoms with E-state index in [9.17, 15) is 19.2 Å². The molecule has 0 heterocycles. The van der Waals surface area contributed by atoms with Gasteiger partial charge in [0, 0.05) is 31.4 Å². The number of Topliss-reactive ketones (excluding diaryl/α,β-unsaturated/α-hetero) is 3. The van der Waals surface area contributed by atoms with E-state index in [1.807, 2.05) is 47.9 Å². The van der Waals surface area contributed by atoms with Crippen molar-refractivity contribution < 1.29 is 38.4 Å². The van der Waals surface area contributed by atoms with Crippen molar-refractivity contribution in [2.45, 2.75) is 79.7 Å². The molecule has 0 rings (SSSR count). The zero-order valence-electron chi connectivity index (χ0n) is 19.9. The molecule has 9 nitrogen and oxygen atoms in total. The first-order chi connectivity index (χ1) is 14.7. The van der Waals surface area contributed by atoms with Gasteiger partial charge in [-0.2, -0.15) is 12.6 Å². The van der Waals surface area contributed by atoms with Crippen molar-refractivity contribution in [2.24, 2.45) is 0 Å². The number of hydrogen-bond donors (Lipinski definition) is 2. The molecule has 0 aliphatic carbocycles. The van der Waals surface area contributed by atoms with Gasteiger partial charge in [0.05, 0.1) is 6.04 Å². The first-order valence-corrected chi connectivity index (χ1v) is 9.90. The smallest absolute Gasteiger partial charge is 0.220 e. The van der Waals surface area contributed by atoms with Crippen LogP contribution in [0.25, 0.3) is 0 Å². The molecule has 184 valence electrons. The highest BCUT2D eigenvalue weighted by Crippen LogP contribution is 1.96. The number of carbonyl (C=O) groups excluding carboxylic acids is 8. The van der Waals surface area contributed by atoms with Gasteiger partial charge in [-0.15, -0.1) is 0 Å². The van der Waals surface area contributed by atoms with E-state index in [-0.39, 0.29) is 23.3 Å². The molecule has 1 N–H and O–H groups in total. The van der Waals surface area contributed by atoms with Gasteiger partial charge in [0.2, 0.25) is 5.91 Å². The third kappa shape index (κ3) is 65.7. The molecule has 0 fully saturated rings. The summed E-state index contributed by atoms with van der Waals surface area (Å²) in [5.74, 6) is 0.861. The van der Waals surface area contributed by atoms with Crippen LogP contribution in [0.1, 0.15) is 73.6 Å². The first-order valence-electron chi connectivity index (χ1n) is 9.27. The molecule has 0 aliphatic rings. The fraction of sp³-hybridized carbons (Fsp3) is 0.619. The molecule has 0 spiro atoms. The maximum Gasteiger partial charge on any atom is 0.220 e. The van der Waals surface area contributed by atoms with Crippen LogP contribution in [0.15, 0.2) is 0 Å². The molecule has 0 saturated carbocycles. The van der Waals surface area contributed by atoms with Crippen molar-refractivity contribution in [2.75, 3.05) is 5.75 Å². The Kier molecular flexibility index (Phi) is 76.4. The summed E-state index contributed by atoms with van der Waals surface area (Å²) in [6.45, 7) is 18.6. The summed E-state index contributed by atoms with van der Waals surface area (Å²) in [5.41, 5.74) is 0. The van der Waals surface area contributed by atoms with E-state index in [0.717, 1.165) is 6.42 Å². The van der Waals surface area contributed by atoms with Crippen molar-refractivity contribution >= 4 is 63.0 Å². The number of thiol groups is 1. The molecule has 0 aromatic rings. The highest BCUT2D eigenvalue weighted by atomic mass is 32.1. The monoisotopic (exact) mass is 467 g/mol. The van der Waals surface area contributed by atoms with Crippen molar-refractivity contribution in [3.63, 3.8) is 0 Å². The van der Waals surface area contributed by atoms with Crippen molar-refractivity contribution in [3.05, 3.63) is 0 Å². The summed E-state index contributed by atoms with van der Waals surface area (Å²) in [4.78, 5) is 74.0. The van der Waals surface area contributed by atoms with Crippen LogP contribution in [-0.4, -0.2) is 62.2 Å². The normalized spacial score (nSPS) is 8.10.